The molecule has 4 heteroatoms. The number of anilines is 4. The summed E-state index contributed by atoms with van der Waals surface area (Å²) in [6.07, 6.45) is 0. The SMILES string of the molecule is [C-]#[N+]c1ccc2c(n1)N(c1ccccc1C)CN2c1ccc(C(C)(C)C)cc1. The Balaban J connectivity index is 1.79. The molecule has 0 spiro atoms. The molecule has 1 aromatic heterocycles. The highest BCUT2D eigenvalue weighted by Gasteiger charge is 2.33. The van der Waals surface area contributed by atoms with Crippen LogP contribution in [0.4, 0.5) is 28.7 Å². The predicted octanol–water partition coefficient (Wildman–Crippen LogP) is 6.49. The second kappa shape index (κ2) is 6.69. The van der Waals surface area contributed by atoms with Crippen LogP contribution in [0.5, 0.6) is 0 Å². The minimum atomic E-state index is 0.126. The van der Waals surface area contributed by atoms with E-state index >= 15 is 0 Å². The maximum Gasteiger partial charge on any atom is 0.271 e. The van der Waals surface area contributed by atoms with Gasteiger partial charge >= 0.3 is 0 Å². The van der Waals surface area contributed by atoms with Crippen LogP contribution in [0.2, 0.25) is 0 Å². The third-order valence-corrected chi connectivity index (χ3v) is 5.23. The first kappa shape index (κ1) is 18.1. The fraction of sp³-hybridized carbons (Fsp3) is 0.250. The van der Waals surface area contributed by atoms with Crippen LogP contribution in [0.25, 0.3) is 4.85 Å². The van der Waals surface area contributed by atoms with Crippen LogP contribution in [0.3, 0.4) is 0 Å². The summed E-state index contributed by atoms with van der Waals surface area (Å²) in [4.78, 5) is 12.6. The van der Waals surface area contributed by atoms with Crippen LogP contribution >= 0.6 is 0 Å². The van der Waals surface area contributed by atoms with E-state index in [1.807, 2.05) is 18.2 Å². The van der Waals surface area contributed by atoms with Gasteiger partial charge in [-0.05, 0) is 53.8 Å². The molecular weight excluding hydrogens is 344 g/mol. The molecule has 3 aromatic rings. The maximum absolute atomic E-state index is 7.35. The number of fused-ring (bicyclic) bond motifs is 1. The van der Waals surface area contributed by atoms with E-state index in [4.69, 9.17) is 6.57 Å². The summed E-state index contributed by atoms with van der Waals surface area (Å²) in [6, 6.07) is 20.9. The Bertz CT molecular complexity index is 1060. The van der Waals surface area contributed by atoms with Gasteiger partial charge in [-0.25, -0.2) is 0 Å². The third kappa shape index (κ3) is 3.10. The first-order chi connectivity index (χ1) is 13.4. The van der Waals surface area contributed by atoms with E-state index in [0.29, 0.717) is 12.5 Å². The molecule has 0 bridgehead atoms. The van der Waals surface area contributed by atoms with Crippen LogP contribution in [0.15, 0.2) is 60.7 Å². The van der Waals surface area contributed by atoms with Gasteiger partial charge in [-0.1, -0.05) is 62.7 Å². The topological polar surface area (TPSA) is 23.7 Å². The van der Waals surface area contributed by atoms with Crippen LogP contribution < -0.4 is 9.80 Å². The molecule has 2 aromatic carbocycles. The van der Waals surface area contributed by atoms with Gasteiger partial charge in [-0.3, -0.25) is 4.90 Å². The lowest BCUT2D eigenvalue weighted by Gasteiger charge is -2.24. The molecule has 0 aliphatic carbocycles. The Kier molecular flexibility index (Phi) is 4.31. The number of benzene rings is 2. The standard InChI is InChI=1S/C24H24N4/c1-17-8-6-7-9-20(17)28-16-27(21-14-15-22(25-5)26-23(21)28)19-12-10-18(11-13-19)24(2,3)4/h6-15H,16H2,1-4H3. The second-order valence-corrected chi connectivity index (χ2v) is 8.20. The average molecular weight is 368 g/mol. The van der Waals surface area contributed by atoms with Crippen molar-refractivity contribution in [3.8, 4) is 0 Å². The smallest absolute Gasteiger partial charge is 0.271 e. The number of aryl methyl sites for hydroxylation is 1. The highest BCUT2D eigenvalue weighted by Crippen LogP contribution is 2.44. The molecule has 140 valence electrons. The second-order valence-electron chi connectivity index (χ2n) is 8.20. The number of rotatable bonds is 2. The molecule has 1 aliphatic rings. The van der Waals surface area contributed by atoms with Gasteiger partial charge in [0.15, 0.2) is 0 Å². The van der Waals surface area contributed by atoms with E-state index in [-0.39, 0.29) is 5.41 Å². The molecular formula is C24H24N4. The molecule has 0 saturated carbocycles. The van der Waals surface area contributed by atoms with Crippen LogP contribution in [0.1, 0.15) is 31.9 Å². The van der Waals surface area contributed by atoms with E-state index in [1.165, 1.54) is 11.1 Å². The van der Waals surface area contributed by atoms with Gasteiger partial charge in [0.2, 0.25) is 0 Å². The highest BCUT2D eigenvalue weighted by atomic mass is 15.4. The van der Waals surface area contributed by atoms with Crippen LogP contribution in [-0.2, 0) is 5.41 Å². The fourth-order valence-electron chi connectivity index (χ4n) is 3.61. The Morgan fingerprint density at radius 3 is 2.25 bits per heavy atom. The molecule has 1 aliphatic heterocycles. The Labute approximate surface area is 166 Å². The zero-order valence-electron chi connectivity index (χ0n) is 16.8. The van der Waals surface area contributed by atoms with E-state index < -0.39 is 0 Å². The Morgan fingerprint density at radius 2 is 1.61 bits per heavy atom. The third-order valence-electron chi connectivity index (χ3n) is 5.23. The first-order valence-corrected chi connectivity index (χ1v) is 9.48. The van der Waals surface area contributed by atoms with Gasteiger partial charge in [0.05, 0.1) is 0 Å². The quantitative estimate of drug-likeness (QED) is 0.483. The minimum Gasteiger partial charge on any atom is -0.361 e. The maximum atomic E-state index is 7.35. The lowest BCUT2D eigenvalue weighted by atomic mass is 9.87. The number of aromatic nitrogens is 1. The number of hydrogen-bond acceptors (Lipinski definition) is 3. The molecule has 0 saturated heterocycles. The van der Waals surface area contributed by atoms with Gasteiger partial charge in [-0.15, -0.1) is 0 Å². The van der Waals surface area contributed by atoms with Crippen molar-refractivity contribution in [1.82, 2.24) is 4.98 Å². The molecule has 0 unspecified atom stereocenters. The van der Waals surface area contributed by atoms with Crippen molar-refractivity contribution in [2.24, 2.45) is 0 Å². The van der Waals surface area contributed by atoms with Crippen molar-refractivity contribution in [2.45, 2.75) is 33.1 Å². The molecule has 2 heterocycles. The first-order valence-electron chi connectivity index (χ1n) is 9.48. The van der Waals surface area contributed by atoms with Gasteiger partial charge in [0, 0.05) is 11.4 Å². The lowest BCUT2D eigenvalue weighted by Crippen LogP contribution is -2.24. The molecule has 4 rings (SSSR count). The number of para-hydroxylation sites is 1. The van der Waals surface area contributed by atoms with E-state index in [0.717, 1.165) is 22.9 Å². The number of hydrogen-bond donors (Lipinski definition) is 0. The van der Waals surface area contributed by atoms with Crippen molar-refractivity contribution in [2.75, 3.05) is 16.5 Å². The number of pyridine rings is 1. The van der Waals surface area contributed by atoms with Gasteiger partial charge in [0.1, 0.15) is 12.4 Å². The van der Waals surface area contributed by atoms with Crippen molar-refractivity contribution in [3.63, 3.8) is 0 Å². The Morgan fingerprint density at radius 1 is 0.893 bits per heavy atom. The summed E-state index contributed by atoms with van der Waals surface area (Å²) in [6.45, 7) is 16.8. The molecule has 0 atom stereocenters. The van der Waals surface area contributed by atoms with Crippen LogP contribution in [0, 0.1) is 13.5 Å². The summed E-state index contributed by atoms with van der Waals surface area (Å²) in [5.74, 6) is 1.25. The molecule has 0 amide bonds. The molecule has 0 N–H and O–H groups in total. The van der Waals surface area contributed by atoms with E-state index in [9.17, 15) is 0 Å². The summed E-state index contributed by atoms with van der Waals surface area (Å²) in [7, 11) is 0. The molecule has 0 radical (unpaired) electrons. The summed E-state index contributed by atoms with van der Waals surface area (Å²) in [5, 5.41) is 0. The number of nitrogens with zero attached hydrogens (tertiary/aromatic N) is 4. The Hall–Kier alpha value is -3.32. The highest BCUT2D eigenvalue weighted by molar-refractivity contribution is 5.86. The van der Waals surface area contributed by atoms with Crippen molar-refractivity contribution < 1.29 is 0 Å². The normalized spacial score (nSPS) is 13.4. The summed E-state index contributed by atoms with van der Waals surface area (Å²) < 4.78 is 0. The summed E-state index contributed by atoms with van der Waals surface area (Å²) >= 11 is 0. The van der Waals surface area contributed by atoms with E-state index in [2.05, 4.69) is 83.7 Å². The molecule has 28 heavy (non-hydrogen) atoms. The summed E-state index contributed by atoms with van der Waals surface area (Å²) in [5.41, 5.74) is 5.90. The van der Waals surface area contributed by atoms with Crippen molar-refractivity contribution in [1.29, 1.82) is 0 Å². The molecule has 4 nitrogen and oxygen atoms in total. The van der Waals surface area contributed by atoms with Crippen molar-refractivity contribution >= 4 is 28.7 Å². The fourth-order valence-corrected chi connectivity index (χ4v) is 3.61. The van der Waals surface area contributed by atoms with E-state index in [1.54, 1.807) is 6.07 Å². The molecule has 0 fully saturated rings. The lowest BCUT2D eigenvalue weighted by molar-refractivity contribution is 0.590. The average Bonchev–Trinajstić information content (AvgIpc) is 3.06. The monoisotopic (exact) mass is 368 g/mol. The van der Waals surface area contributed by atoms with Crippen LogP contribution in [-0.4, -0.2) is 11.7 Å². The zero-order chi connectivity index (χ0) is 19.9. The van der Waals surface area contributed by atoms with Gasteiger partial charge in [-0.2, -0.15) is 0 Å². The van der Waals surface area contributed by atoms with Gasteiger partial charge in [0.25, 0.3) is 11.6 Å². The zero-order valence-corrected chi connectivity index (χ0v) is 16.8. The van der Waals surface area contributed by atoms with Gasteiger partial charge < -0.3 is 9.74 Å². The predicted molar refractivity (Wildman–Crippen MR) is 116 cm³/mol. The minimum absolute atomic E-state index is 0.126. The van der Waals surface area contributed by atoms with Crippen molar-refractivity contribution in [3.05, 3.63) is 83.2 Å². The largest absolute Gasteiger partial charge is 0.361 e.